The highest BCUT2D eigenvalue weighted by Gasteiger charge is 2.32. The van der Waals surface area contributed by atoms with Gasteiger partial charge in [0.05, 0.1) is 25.4 Å². The molecule has 1 saturated heterocycles. The van der Waals surface area contributed by atoms with E-state index in [0.29, 0.717) is 13.2 Å². The van der Waals surface area contributed by atoms with E-state index >= 15 is 0 Å². The SMILES string of the molecule is C=CCO[C@H]1CC[C@@H](OCC=C)[C@H](C=C)O[C@@H]1C=C. The molecule has 0 amide bonds. The van der Waals surface area contributed by atoms with Crippen LogP contribution >= 0.6 is 0 Å². The molecule has 0 bridgehead atoms. The topological polar surface area (TPSA) is 27.7 Å². The zero-order valence-corrected chi connectivity index (χ0v) is 11.5. The van der Waals surface area contributed by atoms with E-state index in [1.165, 1.54) is 0 Å². The van der Waals surface area contributed by atoms with Crippen molar-refractivity contribution in [2.45, 2.75) is 37.3 Å². The van der Waals surface area contributed by atoms with Crippen LogP contribution in [0.15, 0.2) is 50.6 Å². The molecule has 106 valence electrons. The summed E-state index contributed by atoms with van der Waals surface area (Å²) < 4.78 is 17.4. The standard InChI is InChI=1S/C16H24O3/c1-5-11-17-15-9-10-16(18-12-6-2)14(8-4)19-13(15)7-3/h5-8,13-16H,1-4,9-12H2/t13-,14+,15+,16-. The van der Waals surface area contributed by atoms with Crippen molar-refractivity contribution in [2.75, 3.05) is 13.2 Å². The van der Waals surface area contributed by atoms with E-state index < -0.39 is 0 Å². The first-order chi connectivity index (χ1) is 9.26. The molecule has 0 aromatic heterocycles. The van der Waals surface area contributed by atoms with Gasteiger partial charge in [-0.05, 0) is 12.8 Å². The third-order valence-electron chi connectivity index (χ3n) is 3.10. The molecule has 0 spiro atoms. The number of rotatable bonds is 8. The third kappa shape index (κ3) is 4.78. The van der Waals surface area contributed by atoms with Gasteiger partial charge in [-0.2, -0.15) is 0 Å². The number of hydrogen-bond donors (Lipinski definition) is 0. The maximum Gasteiger partial charge on any atom is 0.102 e. The van der Waals surface area contributed by atoms with Crippen LogP contribution in [0.3, 0.4) is 0 Å². The minimum Gasteiger partial charge on any atom is -0.371 e. The quantitative estimate of drug-likeness (QED) is 0.631. The maximum absolute atomic E-state index is 5.97. The lowest BCUT2D eigenvalue weighted by Gasteiger charge is -2.25. The summed E-state index contributed by atoms with van der Waals surface area (Å²) in [6.07, 6.45) is 8.41. The lowest BCUT2D eigenvalue weighted by molar-refractivity contribution is -0.0800. The molecule has 3 nitrogen and oxygen atoms in total. The predicted octanol–water partition coefficient (Wildman–Crippen LogP) is 3.05. The van der Waals surface area contributed by atoms with Crippen LogP contribution in [-0.4, -0.2) is 37.6 Å². The monoisotopic (exact) mass is 264 g/mol. The van der Waals surface area contributed by atoms with Crippen molar-refractivity contribution >= 4 is 0 Å². The van der Waals surface area contributed by atoms with Gasteiger partial charge in [-0.1, -0.05) is 24.3 Å². The molecule has 1 heterocycles. The van der Waals surface area contributed by atoms with Crippen LogP contribution < -0.4 is 0 Å². The van der Waals surface area contributed by atoms with Gasteiger partial charge in [0.1, 0.15) is 12.2 Å². The van der Waals surface area contributed by atoms with Crippen LogP contribution in [0.5, 0.6) is 0 Å². The largest absolute Gasteiger partial charge is 0.371 e. The van der Waals surface area contributed by atoms with Crippen LogP contribution in [0, 0.1) is 0 Å². The zero-order valence-electron chi connectivity index (χ0n) is 11.5. The molecule has 0 saturated carbocycles. The van der Waals surface area contributed by atoms with Crippen LogP contribution in [0.1, 0.15) is 12.8 Å². The molecule has 1 aliphatic rings. The molecule has 0 radical (unpaired) electrons. The molecular formula is C16H24O3. The Bertz CT molecular complexity index is 281. The fourth-order valence-corrected chi connectivity index (χ4v) is 2.17. The summed E-state index contributed by atoms with van der Waals surface area (Å²) in [5, 5.41) is 0. The van der Waals surface area contributed by atoms with Crippen molar-refractivity contribution in [3.8, 4) is 0 Å². The lowest BCUT2D eigenvalue weighted by atomic mass is 10.1. The number of hydrogen-bond acceptors (Lipinski definition) is 3. The Morgan fingerprint density at radius 3 is 1.58 bits per heavy atom. The van der Waals surface area contributed by atoms with E-state index in [2.05, 4.69) is 26.3 Å². The lowest BCUT2D eigenvalue weighted by Crippen LogP contribution is -2.33. The summed E-state index contributed by atoms with van der Waals surface area (Å²) in [5.41, 5.74) is 0. The van der Waals surface area contributed by atoms with Gasteiger partial charge in [0.2, 0.25) is 0 Å². The minimum absolute atomic E-state index is 0.0183. The second-order valence-electron chi connectivity index (χ2n) is 4.43. The van der Waals surface area contributed by atoms with Gasteiger partial charge in [0, 0.05) is 0 Å². The summed E-state index contributed by atoms with van der Waals surface area (Å²) in [4.78, 5) is 0. The Balaban J connectivity index is 2.71. The molecule has 1 rings (SSSR count). The molecule has 1 aliphatic heterocycles. The normalized spacial score (nSPS) is 31.2. The van der Waals surface area contributed by atoms with Gasteiger partial charge < -0.3 is 14.2 Å². The Hall–Kier alpha value is -1.16. The first-order valence-corrected chi connectivity index (χ1v) is 6.62. The molecule has 1 fully saturated rings. The van der Waals surface area contributed by atoms with Crippen molar-refractivity contribution in [2.24, 2.45) is 0 Å². The first kappa shape index (κ1) is 15.9. The van der Waals surface area contributed by atoms with Gasteiger partial charge in [0.25, 0.3) is 0 Å². The molecule has 4 atom stereocenters. The molecule has 19 heavy (non-hydrogen) atoms. The van der Waals surface area contributed by atoms with Gasteiger partial charge >= 0.3 is 0 Å². The Labute approximate surface area is 116 Å². The van der Waals surface area contributed by atoms with Crippen LogP contribution in [0.25, 0.3) is 0 Å². The highest BCUT2D eigenvalue weighted by molar-refractivity contribution is 4.97. The highest BCUT2D eigenvalue weighted by Crippen LogP contribution is 2.25. The van der Waals surface area contributed by atoms with E-state index in [1.54, 1.807) is 24.3 Å². The van der Waals surface area contributed by atoms with Gasteiger partial charge in [-0.3, -0.25) is 0 Å². The second kappa shape index (κ2) is 8.86. The van der Waals surface area contributed by atoms with Crippen molar-refractivity contribution in [1.29, 1.82) is 0 Å². The summed E-state index contributed by atoms with van der Waals surface area (Å²) in [5.74, 6) is 0. The fraction of sp³-hybridized carbons (Fsp3) is 0.500. The molecule has 0 aromatic carbocycles. The molecule has 0 N–H and O–H groups in total. The molecule has 3 heteroatoms. The van der Waals surface area contributed by atoms with Crippen molar-refractivity contribution in [1.82, 2.24) is 0 Å². The summed E-state index contributed by atoms with van der Waals surface area (Å²) >= 11 is 0. The van der Waals surface area contributed by atoms with Crippen molar-refractivity contribution in [3.05, 3.63) is 50.6 Å². The average Bonchev–Trinajstić information content (AvgIpc) is 2.61. The number of ether oxygens (including phenoxy) is 3. The van der Waals surface area contributed by atoms with Crippen LogP contribution in [-0.2, 0) is 14.2 Å². The summed E-state index contributed by atoms with van der Waals surface area (Å²) in [6, 6.07) is 0. The predicted molar refractivity (Wildman–Crippen MR) is 78.2 cm³/mol. The summed E-state index contributed by atoms with van der Waals surface area (Å²) in [7, 11) is 0. The van der Waals surface area contributed by atoms with E-state index in [0.717, 1.165) is 12.8 Å². The summed E-state index contributed by atoms with van der Waals surface area (Å²) in [6.45, 7) is 16.0. The maximum atomic E-state index is 5.97. The Morgan fingerprint density at radius 2 is 1.26 bits per heavy atom. The van der Waals surface area contributed by atoms with Gasteiger partial charge in [0.15, 0.2) is 0 Å². The molecule has 0 aliphatic carbocycles. The molecule has 0 unspecified atom stereocenters. The van der Waals surface area contributed by atoms with Crippen LogP contribution in [0.2, 0.25) is 0 Å². The third-order valence-corrected chi connectivity index (χ3v) is 3.10. The first-order valence-electron chi connectivity index (χ1n) is 6.62. The Kier molecular flexibility index (Phi) is 7.41. The van der Waals surface area contributed by atoms with E-state index in [4.69, 9.17) is 14.2 Å². The Morgan fingerprint density at radius 1 is 0.842 bits per heavy atom. The molecule has 0 aromatic rings. The highest BCUT2D eigenvalue weighted by atomic mass is 16.6. The van der Waals surface area contributed by atoms with Crippen LogP contribution in [0.4, 0.5) is 0 Å². The smallest absolute Gasteiger partial charge is 0.102 e. The van der Waals surface area contributed by atoms with Gasteiger partial charge in [-0.25, -0.2) is 0 Å². The molecular weight excluding hydrogens is 240 g/mol. The van der Waals surface area contributed by atoms with Gasteiger partial charge in [-0.15, -0.1) is 26.3 Å². The average molecular weight is 264 g/mol. The van der Waals surface area contributed by atoms with Crippen molar-refractivity contribution < 1.29 is 14.2 Å². The minimum atomic E-state index is -0.153. The van der Waals surface area contributed by atoms with E-state index in [1.807, 2.05) is 0 Å². The van der Waals surface area contributed by atoms with Crippen molar-refractivity contribution in [3.63, 3.8) is 0 Å². The fourth-order valence-electron chi connectivity index (χ4n) is 2.17. The van der Waals surface area contributed by atoms with E-state index in [9.17, 15) is 0 Å². The zero-order chi connectivity index (χ0) is 14.1. The van der Waals surface area contributed by atoms with E-state index in [-0.39, 0.29) is 24.4 Å². The second-order valence-corrected chi connectivity index (χ2v) is 4.43.